The van der Waals surface area contributed by atoms with E-state index in [4.69, 9.17) is 9.26 Å². The average molecular weight is 450 g/mol. The van der Waals surface area contributed by atoms with Gasteiger partial charge in [-0.05, 0) is 18.5 Å². The highest BCUT2D eigenvalue weighted by Crippen LogP contribution is 2.32. The molecule has 0 amide bonds. The number of aliphatic hydroxyl groups excluding tert-OH is 1. The molecule has 3 aromatic rings. The Morgan fingerprint density at radius 2 is 1.79 bits per heavy atom. The third kappa shape index (κ3) is 7.29. The molecule has 1 N–H and O–H groups in total. The van der Waals surface area contributed by atoms with Crippen LogP contribution in [-0.2, 0) is 17.8 Å². The minimum atomic E-state index is -0.581. The molecule has 0 fully saturated rings. The van der Waals surface area contributed by atoms with E-state index in [1.54, 1.807) is 6.08 Å². The van der Waals surface area contributed by atoms with Gasteiger partial charge in [0.05, 0.1) is 24.9 Å². The maximum atomic E-state index is 10.5. The van der Waals surface area contributed by atoms with E-state index in [9.17, 15) is 5.11 Å². The predicted molar refractivity (Wildman–Crippen MR) is 133 cm³/mol. The maximum Gasteiger partial charge on any atom is 0.232 e. The number of aromatic nitrogens is 1. The zero-order valence-corrected chi connectivity index (χ0v) is 19.7. The fraction of sp³-hybridized carbons (Fsp3) is 0.370. The normalized spacial score (nSPS) is 12.1. The smallest absolute Gasteiger partial charge is 0.232 e. The highest BCUT2D eigenvalue weighted by molar-refractivity contribution is 5.68. The van der Waals surface area contributed by atoms with Crippen molar-refractivity contribution in [3.8, 4) is 11.3 Å². The van der Waals surface area contributed by atoms with Crippen molar-refractivity contribution in [2.45, 2.75) is 32.5 Å². The van der Waals surface area contributed by atoms with E-state index < -0.39 is 6.10 Å². The van der Waals surface area contributed by atoms with Crippen molar-refractivity contribution in [2.24, 2.45) is 0 Å². The van der Waals surface area contributed by atoms with Crippen LogP contribution in [0.15, 0.2) is 77.8 Å². The van der Waals surface area contributed by atoms with Gasteiger partial charge in [0, 0.05) is 32.2 Å². The minimum absolute atomic E-state index is 0.280. The zero-order chi connectivity index (χ0) is 23.5. The largest absolute Gasteiger partial charge is 0.389 e. The number of ether oxygens (including phenoxy) is 1. The summed E-state index contributed by atoms with van der Waals surface area (Å²) in [6.07, 6.45) is 2.08. The van der Waals surface area contributed by atoms with E-state index in [1.165, 1.54) is 5.56 Å². The fourth-order valence-electron chi connectivity index (χ4n) is 3.91. The van der Waals surface area contributed by atoms with Gasteiger partial charge in [0.25, 0.3) is 0 Å². The molecule has 0 aliphatic heterocycles. The third-order valence-electron chi connectivity index (χ3n) is 5.36. The zero-order valence-electron chi connectivity index (χ0n) is 19.7. The predicted octanol–water partition coefficient (Wildman–Crippen LogP) is 4.75. The molecule has 1 heterocycles. The second-order valence-corrected chi connectivity index (χ2v) is 8.24. The molecule has 1 aromatic heterocycles. The Bertz CT molecular complexity index is 959. The summed E-state index contributed by atoms with van der Waals surface area (Å²) < 4.78 is 11.3. The highest BCUT2D eigenvalue weighted by Gasteiger charge is 2.24. The second kappa shape index (κ2) is 12.9. The van der Waals surface area contributed by atoms with Crippen LogP contribution in [0.2, 0.25) is 0 Å². The van der Waals surface area contributed by atoms with E-state index in [2.05, 4.69) is 40.6 Å². The first-order chi connectivity index (χ1) is 16.1. The Kier molecular flexibility index (Phi) is 9.69. The molecule has 176 valence electrons. The van der Waals surface area contributed by atoms with Crippen LogP contribution in [0, 0.1) is 0 Å². The van der Waals surface area contributed by atoms with Crippen LogP contribution in [0.25, 0.3) is 11.3 Å². The van der Waals surface area contributed by atoms with Crippen LogP contribution < -0.4 is 4.90 Å². The lowest BCUT2D eigenvalue weighted by Gasteiger charge is -2.26. The summed E-state index contributed by atoms with van der Waals surface area (Å²) in [7, 11) is 2.02. The first-order valence-electron chi connectivity index (χ1n) is 11.5. The quantitative estimate of drug-likeness (QED) is 0.283. The summed E-state index contributed by atoms with van der Waals surface area (Å²) in [6, 6.07) is 20.4. The standard InChI is InChI=1S/C27H35N3O3/c1-4-16-30(19-24(31)21-32-17-5-2)20-25-26(23-14-10-7-11-15-23)28-33-27(25)29(3)18-22-12-8-6-9-13-22/h5-15,24,31H,2,4,16-21H2,1,3H3. The van der Waals surface area contributed by atoms with Crippen molar-refractivity contribution in [1.82, 2.24) is 10.1 Å². The van der Waals surface area contributed by atoms with E-state index in [0.717, 1.165) is 35.7 Å². The van der Waals surface area contributed by atoms with Gasteiger partial charge >= 0.3 is 0 Å². The summed E-state index contributed by atoms with van der Waals surface area (Å²) in [5.41, 5.74) is 4.07. The molecule has 0 aliphatic rings. The number of anilines is 1. The Labute approximate surface area is 197 Å². The molecule has 6 heteroatoms. The molecule has 0 spiro atoms. The van der Waals surface area contributed by atoms with Crippen LogP contribution in [0.5, 0.6) is 0 Å². The Balaban J connectivity index is 1.86. The number of hydrogen-bond donors (Lipinski definition) is 1. The molecule has 33 heavy (non-hydrogen) atoms. The summed E-state index contributed by atoms with van der Waals surface area (Å²) in [5, 5.41) is 15.0. The maximum absolute atomic E-state index is 10.5. The van der Waals surface area contributed by atoms with Gasteiger partial charge in [-0.3, -0.25) is 4.90 Å². The SMILES string of the molecule is C=CCOCC(O)CN(CCC)Cc1c(-c2ccccc2)noc1N(C)Cc1ccccc1. The van der Waals surface area contributed by atoms with Gasteiger partial charge in [0.1, 0.15) is 5.69 Å². The molecule has 2 aromatic carbocycles. The molecule has 1 atom stereocenters. The molecule has 0 aliphatic carbocycles. The molecule has 0 radical (unpaired) electrons. The van der Waals surface area contributed by atoms with Gasteiger partial charge in [-0.15, -0.1) is 6.58 Å². The van der Waals surface area contributed by atoms with Crippen molar-refractivity contribution in [2.75, 3.05) is 38.3 Å². The van der Waals surface area contributed by atoms with Crippen LogP contribution in [0.1, 0.15) is 24.5 Å². The summed E-state index contributed by atoms with van der Waals surface area (Å²) in [4.78, 5) is 4.33. The summed E-state index contributed by atoms with van der Waals surface area (Å²) in [5.74, 6) is 0.746. The lowest BCUT2D eigenvalue weighted by molar-refractivity contribution is 0.0246. The monoisotopic (exact) mass is 449 g/mol. The van der Waals surface area contributed by atoms with E-state index in [1.807, 2.05) is 55.6 Å². The number of aliphatic hydroxyl groups is 1. The summed E-state index contributed by atoms with van der Waals surface area (Å²) >= 11 is 0. The van der Waals surface area contributed by atoms with Crippen LogP contribution in [0.4, 0.5) is 5.88 Å². The molecular formula is C27H35N3O3. The average Bonchev–Trinajstić information content (AvgIpc) is 3.24. The van der Waals surface area contributed by atoms with Gasteiger partial charge < -0.3 is 19.3 Å². The number of benzene rings is 2. The van der Waals surface area contributed by atoms with Crippen molar-refractivity contribution < 1.29 is 14.4 Å². The van der Waals surface area contributed by atoms with Gasteiger partial charge in [-0.2, -0.15) is 0 Å². The van der Waals surface area contributed by atoms with Crippen LogP contribution >= 0.6 is 0 Å². The third-order valence-corrected chi connectivity index (χ3v) is 5.36. The number of hydrogen-bond acceptors (Lipinski definition) is 6. The minimum Gasteiger partial charge on any atom is -0.389 e. The van der Waals surface area contributed by atoms with E-state index in [0.29, 0.717) is 26.2 Å². The molecule has 1 unspecified atom stereocenters. The van der Waals surface area contributed by atoms with Crippen LogP contribution in [-0.4, -0.2) is 54.6 Å². The van der Waals surface area contributed by atoms with E-state index >= 15 is 0 Å². The molecule has 0 saturated carbocycles. The van der Waals surface area contributed by atoms with Gasteiger partial charge in [0.15, 0.2) is 0 Å². The number of nitrogens with zero attached hydrogens (tertiary/aromatic N) is 3. The molecular weight excluding hydrogens is 414 g/mol. The van der Waals surface area contributed by atoms with E-state index in [-0.39, 0.29) is 6.61 Å². The van der Waals surface area contributed by atoms with Crippen molar-refractivity contribution in [1.29, 1.82) is 0 Å². The van der Waals surface area contributed by atoms with Gasteiger partial charge in [-0.1, -0.05) is 78.8 Å². The summed E-state index contributed by atoms with van der Waals surface area (Å²) in [6.45, 7) is 9.19. The Morgan fingerprint density at radius 1 is 1.09 bits per heavy atom. The lowest BCUT2D eigenvalue weighted by Crippen LogP contribution is -2.35. The van der Waals surface area contributed by atoms with Crippen molar-refractivity contribution in [3.63, 3.8) is 0 Å². The van der Waals surface area contributed by atoms with Crippen LogP contribution in [0.3, 0.4) is 0 Å². The molecule has 6 nitrogen and oxygen atoms in total. The Hall–Kier alpha value is -2.93. The van der Waals surface area contributed by atoms with Crippen molar-refractivity contribution in [3.05, 3.63) is 84.4 Å². The first kappa shape index (κ1) is 24.7. The highest BCUT2D eigenvalue weighted by atomic mass is 16.5. The second-order valence-electron chi connectivity index (χ2n) is 8.24. The fourth-order valence-corrected chi connectivity index (χ4v) is 3.91. The topological polar surface area (TPSA) is 62.0 Å². The molecule has 0 saturated heterocycles. The Morgan fingerprint density at radius 3 is 2.45 bits per heavy atom. The molecule has 3 rings (SSSR count). The number of rotatable bonds is 14. The molecule has 0 bridgehead atoms. The van der Waals surface area contributed by atoms with Gasteiger partial charge in [-0.25, -0.2) is 0 Å². The van der Waals surface area contributed by atoms with Gasteiger partial charge in [0.2, 0.25) is 5.88 Å². The van der Waals surface area contributed by atoms with Crippen molar-refractivity contribution >= 4 is 5.88 Å². The lowest BCUT2D eigenvalue weighted by atomic mass is 10.1. The first-order valence-corrected chi connectivity index (χ1v) is 11.5.